The summed E-state index contributed by atoms with van der Waals surface area (Å²) in [6.07, 6.45) is -4.64. The Balaban J connectivity index is 1.26. The van der Waals surface area contributed by atoms with E-state index in [9.17, 15) is 0 Å². The van der Waals surface area contributed by atoms with Crippen molar-refractivity contribution in [2.75, 3.05) is 0 Å². The van der Waals surface area contributed by atoms with E-state index < -0.39 is 11.7 Å². The normalized spacial score (nSPS) is 12.5. The molecule has 0 bridgehead atoms. The SMILES string of the molecule is CC(C)(C)c1ccc2c(c1)c1ccccc1n2-c1ccc(-c2nc(-c3ccccc3)nc(-c3ccccc3)n2)c(-c2cc(C(F)(F)F)ccc2-n2c3ccccc3c3cc(C(C)(C)C)ccc32)c1. The molecule has 0 fully saturated rings. The largest absolute Gasteiger partial charge is 0.416 e. The second kappa shape index (κ2) is 15.9. The first-order valence-corrected chi connectivity index (χ1v) is 22.9. The molecule has 68 heavy (non-hydrogen) atoms. The predicted molar refractivity (Wildman–Crippen MR) is 273 cm³/mol. The van der Waals surface area contributed by atoms with Crippen LogP contribution in [0.1, 0.15) is 58.2 Å². The van der Waals surface area contributed by atoms with Crippen molar-refractivity contribution in [3.63, 3.8) is 0 Å². The van der Waals surface area contributed by atoms with E-state index in [2.05, 4.69) is 105 Å². The first kappa shape index (κ1) is 42.8. The molecule has 0 amide bonds. The Kier molecular flexibility index (Phi) is 10.0. The van der Waals surface area contributed by atoms with Crippen LogP contribution < -0.4 is 0 Å². The van der Waals surface area contributed by atoms with E-state index in [0.29, 0.717) is 39.9 Å². The van der Waals surface area contributed by atoms with Gasteiger partial charge in [-0.2, -0.15) is 13.2 Å². The number of aromatic nitrogens is 5. The van der Waals surface area contributed by atoms with Crippen LogP contribution in [0.15, 0.2) is 182 Å². The molecular formula is C60H48F3N5. The Labute approximate surface area is 393 Å². The summed E-state index contributed by atoms with van der Waals surface area (Å²) in [5.41, 5.74) is 9.49. The topological polar surface area (TPSA) is 48.5 Å². The molecule has 5 nitrogen and oxygen atoms in total. The minimum absolute atomic E-state index is 0.0883. The van der Waals surface area contributed by atoms with E-state index in [4.69, 9.17) is 15.0 Å². The lowest BCUT2D eigenvalue weighted by Gasteiger charge is -2.21. The van der Waals surface area contributed by atoms with Crippen molar-refractivity contribution < 1.29 is 13.2 Å². The Hall–Kier alpha value is -7.84. The average molecular weight is 896 g/mol. The summed E-state index contributed by atoms with van der Waals surface area (Å²) in [5, 5.41) is 4.20. The van der Waals surface area contributed by atoms with E-state index in [1.807, 2.05) is 109 Å². The number of para-hydroxylation sites is 2. The number of halogens is 3. The van der Waals surface area contributed by atoms with Crippen molar-refractivity contribution in [2.24, 2.45) is 0 Å². The summed E-state index contributed by atoms with van der Waals surface area (Å²) >= 11 is 0. The molecule has 11 rings (SSSR count). The highest BCUT2D eigenvalue weighted by atomic mass is 19.4. The lowest BCUT2D eigenvalue weighted by molar-refractivity contribution is -0.137. The lowest BCUT2D eigenvalue weighted by Crippen LogP contribution is -2.10. The molecule has 8 aromatic carbocycles. The summed E-state index contributed by atoms with van der Waals surface area (Å²) in [6, 6.07) is 59.0. The molecule has 8 heteroatoms. The van der Waals surface area contributed by atoms with Crippen molar-refractivity contribution in [1.29, 1.82) is 0 Å². The van der Waals surface area contributed by atoms with Crippen molar-refractivity contribution >= 4 is 43.6 Å². The maximum atomic E-state index is 15.2. The number of rotatable bonds is 6. The third-order valence-electron chi connectivity index (χ3n) is 13.1. The van der Waals surface area contributed by atoms with Gasteiger partial charge < -0.3 is 9.13 Å². The van der Waals surface area contributed by atoms with Gasteiger partial charge in [-0.3, -0.25) is 0 Å². The zero-order chi connectivity index (χ0) is 47.1. The fourth-order valence-corrected chi connectivity index (χ4v) is 9.56. The lowest BCUT2D eigenvalue weighted by atomic mass is 9.86. The zero-order valence-corrected chi connectivity index (χ0v) is 38.7. The van der Waals surface area contributed by atoms with Crippen LogP contribution in [0.5, 0.6) is 0 Å². The number of hydrogen-bond acceptors (Lipinski definition) is 3. The Morgan fingerprint density at radius 3 is 1.34 bits per heavy atom. The van der Waals surface area contributed by atoms with Crippen LogP contribution in [-0.2, 0) is 17.0 Å². The number of fused-ring (bicyclic) bond motifs is 6. The van der Waals surface area contributed by atoms with Crippen LogP contribution >= 0.6 is 0 Å². The molecule has 0 N–H and O–H groups in total. The molecule has 0 spiro atoms. The Morgan fingerprint density at radius 1 is 0.353 bits per heavy atom. The first-order chi connectivity index (χ1) is 32.6. The molecule has 0 saturated carbocycles. The van der Waals surface area contributed by atoms with E-state index in [0.717, 1.165) is 66.0 Å². The van der Waals surface area contributed by atoms with Crippen LogP contribution in [0.2, 0.25) is 0 Å². The van der Waals surface area contributed by atoms with Gasteiger partial charge in [-0.05, 0) is 100 Å². The molecule has 0 saturated heterocycles. The van der Waals surface area contributed by atoms with Gasteiger partial charge in [0.1, 0.15) is 0 Å². The third kappa shape index (κ3) is 7.41. The summed E-state index contributed by atoms with van der Waals surface area (Å²) in [4.78, 5) is 15.3. The summed E-state index contributed by atoms with van der Waals surface area (Å²) in [5.74, 6) is 1.22. The molecule has 0 radical (unpaired) electrons. The molecule has 0 atom stereocenters. The molecule has 0 aliphatic heterocycles. The van der Waals surface area contributed by atoms with Crippen molar-refractivity contribution in [3.05, 3.63) is 199 Å². The molecular weight excluding hydrogens is 848 g/mol. The number of alkyl halides is 3. The van der Waals surface area contributed by atoms with Crippen molar-refractivity contribution in [3.8, 4) is 56.7 Å². The van der Waals surface area contributed by atoms with E-state index in [1.165, 1.54) is 17.7 Å². The number of benzene rings is 8. The standard InChI is InChI=1S/C60H48F3N5/c1-58(2,3)39-25-30-52-47(33-39)43-21-13-15-23-50(43)67(52)42-28-29-45(57-65-55(37-17-9-7-10-18-37)64-56(66-57)38-19-11-8-12-20-38)46(36-42)49-35-41(60(61,62)63)27-32-54(49)68-51-24-16-14-22-44(51)48-34-40(59(4,5)6)26-31-53(48)68/h7-36H,1-6H3. The number of hydrogen-bond donors (Lipinski definition) is 0. The molecule has 0 aliphatic rings. The first-order valence-electron chi connectivity index (χ1n) is 22.9. The molecule has 334 valence electrons. The molecule has 3 aromatic heterocycles. The van der Waals surface area contributed by atoms with E-state index >= 15 is 13.2 Å². The fraction of sp³-hybridized carbons (Fsp3) is 0.150. The van der Waals surface area contributed by atoms with Gasteiger partial charge in [0.05, 0.1) is 33.3 Å². The van der Waals surface area contributed by atoms with Gasteiger partial charge in [0.25, 0.3) is 0 Å². The highest BCUT2D eigenvalue weighted by molar-refractivity contribution is 6.11. The maximum Gasteiger partial charge on any atom is 0.416 e. The molecule has 0 unspecified atom stereocenters. The van der Waals surface area contributed by atoms with Crippen LogP contribution in [0, 0.1) is 0 Å². The van der Waals surface area contributed by atoms with Gasteiger partial charge in [-0.15, -0.1) is 0 Å². The molecule has 11 aromatic rings. The summed E-state index contributed by atoms with van der Waals surface area (Å²) in [6.45, 7) is 13.2. The van der Waals surface area contributed by atoms with Gasteiger partial charge in [-0.1, -0.05) is 151 Å². The quantitative estimate of drug-likeness (QED) is 0.167. The summed E-state index contributed by atoms with van der Waals surface area (Å²) in [7, 11) is 0. The average Bonchev–Trinajstić information content (AvgIpc) is 3.85. The van der Waals surface area contributed by atoms with Crippen molar-refractivity contribution in [2.45, 2.75) is 58.5 Å². The smallest absolute Gasteiger partial charge is 0.309 e. The highest BCUT2D eigenvalue weighted by Crippen LogP contribution is 2.45. The highest BCUT2D eigenvalue weighted by Gasteiger charge is 2.33. The minimum atomic E-state index is -4.64. The number of nitrogens with zero attached hydrogens (tertiary/aromatic N) is 5. The monoisotopic (exact) mass is 895 g/mol. The molecule has 0 aliphatic carbocycles. The van der Waals surface area contributed by atoms with Crippen LogP contribution in [-0.4, -0.2) is 24.1 Å². The maximum absolute atomic E-state index is 15.2. The Morgan fingerprint density at radius 2 is 0.809 bits per heavy atom. The third-order valence-corrected chi connectivity index (χ3v) is 13.1. The fourth-order valence-electron chi connectivity index (χ4n) is 9.56. The Bertz CT molecular complexity index is 3680. The van der Waals surface area contributed by atoms with Gasteiger partial charge in [0.15, 0.2) is 17.5 Å². The minimum Gasteiger partial charge on any atom is -0.309 e. The van der Waals surface area contributed by atoms with Crippen LogP contribution in [0.25, 0.3) is 100 Å². The molecule has 3 heterocycles. The van der Waals surface area contributed by atoms with E-state index in [1.54, 1.807) is 6.07 Å². The second-order valence-corrected chi connectivity index (χ2v) is 19.7. The van der Waals surface area contributed by atoms with Gasteiger partial charge in [0.2, 0.25) is 0 Å². The van der Waals surface area contributed by atoms with Gasteiger partial charge in [-0.25, -0.2) is 15.0 Å². The van der Waals surface area contributed by atoms with Gasteiger partial charge >= 0.3 is 6.18 Å². The van der Waals surface area contributed by atoms with E-state index in [-0.39, 0.29) is 10.8 Å². The van der Waals surface area contributed by atoms with Crippen LogP contribution in [0.3, 0.4) is 0 Å². The second-order valence-electron chi connectivity index (χ2n) is 19.7. The zero-order valence-electron chi connectivity index (χ0n) is 38.7. The predicted octanol–water partition coefficient (Wildman–Crippen LogP) is 16.3. The van der Waals surface area contributed by atoms with Crippen LogP contribution in [0.4, 0.5) is 13.2 Å². The summed E-state index contributed by atoms with van der Waals surface area (Å²) < 4.78 is 50.1. The van der Waals surface area contributed by atoms with Gasteiger partial charge in [0, 0.05) is 49.5 Å². The van der Waals surface area contributed by atoms with Crippen molar-refractivity contribution in [1.82, 2.24) is 24.1 Å².